The Bertz CT molecular complexity index is 1760. The van der Waals surface area contributed by atoms with Crippen molar-refractivity contribution in [3.05, 3.63) is 90.5 Å². The van der Waals surface area contributed by atoms with Crippen LogP contribution < -0.4 is 0 Å². The molecule has 1 saturated heterocycles. The van der Waals surface area contributed by atoms with Gasteiger partial charge >= 0.3 is 5.97 Å². The summed E-state index contributed by atoms with van der Waals surface area (Å²) in [4.78, 5) is 24.5. The van der Waals surface area contributed by atoms with E-state index in [1.165, 1.54) is 9.54 Å². The number of pyridine rings is 1. The molecule has 4 heterocycles. The second kappa shape index (κ2) is 10.9. The van der Waals surface area contributed by atoms with Crippen LogP contribution in [0.1, 0.15) is 37.2 Å². The smallest absolute Gasteiger partial charge is 0.313 e. The van der Waals surface area contributed by atoms with Gasteiger partial charge in [-0.25, -0.2) is 22.4 Å². The van der Waals surface area contributed by atoms with Crippen LogP contribution in [-0.4, -0.2) is 57.5 Å². The van der Waals surface area contributed by atoms with Crippen LogP contribution in [0.4, 0.5) is 0 Å². The lowest BCUT2D eigenvalue weighted by Gasteiger charge is -2.33. The maximum absolute atomic E-state index is 13.5. The van der Waals surface area contributed by atoms with Crippen molar-refractivity contribution in [1.82, 2.24) is 23.4 Å². The third-order valence-electron chi connectivity index (χ3n) is 7.48. The minimum absolute atomic E-state index is 0.0390. The number of carbonyl (C=O) groups is 1. The fraction of sp³-hybridized carbons (Fsp3) is 0.300. The summed E-state index contributed by atoms with van der Waals surface area (Å²) >= 11 is 0. The summed E-state index contributed by atoms with van der Waals surface area (Å²) in [6.07, 6.45) is 4.94. The van der Waals surface area contributed by atoms with E-state index < -0.39 is 10.0 Å². The van der Waals surface area contributed by atoms with Gasteiger partial charge in [0.1, 0.15) is 17.8 Å². The van der Waals surface area contributed by atoms with E-state index in [1.54, 1.807) is 55.7 Å². The Kier molecular flexibility index (Phi) is 7.12. The van der Waals surface area contributed by atoms with Gasteiger partial charge in [0.25, 0.3) is 10.0 Å². The Morgan fingerprint density at radius 2 is 1.70 bits per heavy atom. The number of carbonyl (C=O) groups excluding carboxylic acids is 1. The van der Waals surface area contributed by atoms with Crippen molar-refractivity contribution in [2.75, 3.05) is 19.7 Å². The molecule has 1 fully saturated rings. The topological polar surface area (TPSA) is 99.3 Å². The van der Waals surface area contributed by atoms with Crippen LogP contribution in [-0.2, 0) is 32.5 Å². The van der Waals surface area contributed by atoms with Crippen LogP contribution in [0.15, 0.2) is 84.0 Å². The highest BCUT2D eigenvalue weighted by Crippen LogP contribution is 2.34. The normalized spacial score (nSPS) is 15.1. The lowest BCUT2D eigenvalue weighted by molar-refractivity contribution is -0.142. The standard InChI is InChI=1S/C30H31N5O4S/c1-2-39-28(36)19-27-32-26-20-31-30-25(15-18-34(30)40(37,38)24-11-7-4-8-12-24)29(26)35(27)23-13-16-33(17-14-23)21-22-9-5-3-6-10-22/h3-12,15,18,20,23H,2,13-14,16-17,19,21H2,1H3. The number of ether oxygens (including phenoxy) is 1. The zero-order valence-corrected chi connectivity index (χ0v) is 23.1. The van der Waals surface area contributed by atoms with Crippen molar-refractivity contribution in [2.45, 2.75) is 43.7 Å². The first-order valence-electron chi connectivity index (χ1n) is 13.5. The summed E-state index contributed by atoms with van der Waals surface area (Å²) in [7, 11) is -3.84. The highest BCUT2D eigenvalue weighted by Gasteiger charge is 2.28. The van der Waals surface area contributed by atoms with E-state index in [0.29, 0.717) is 29.0 Å². The highest BCUT2D eigenvalue weighted by atomic mass is 32.2. The molecule has 10 heteroatoms. The molecule has 0 amide bonds. The molecular formula is C30H31N5O4S. The number of piperidine rings is 1. The molecule has 0 N–H and O–H groups in total. The summed E-state index contributed by atoms with van der Waals surface area (Å²) in [5.41, 5.74) is 3.05. The first kappa shape index (κ1) is 26.2. The molecule has 0 unspecified atom stereocenters. The molecule has 40 heavy (non-hydrogen) atoms. The molecule has 9 nitrogen and oxygen atoms in total. The number of hydrogen-bond donors (Lipinski definition) is 0. The summed E-state index contributed by atoms with van der Waals surface area (Å²) in [5, 5.41) is 0.686. The number of nitrogens with zero attached hydrogens (tertiary/aromatic N) is 5. The number of aromatic nitrogens is 4. The molecule has 3 aromatic heterocycles. The summed E-state index contributed by atoms with van der Waals surface area (Å²) in [6.45, 7) is 4.77. The van der Waals surface area contributed by atoms with Crippen LogP contribution in [0.3, 0.4) is 0 Å². The van der Waals surface area contributed by atoms with Crippen LogP contribution in [0.25, 0.3) is 22.1 Å². The number of esters is 1. The molecule has 6 rings (SSSR count). The minimum Gasteiger partial charge on any atom is -0.466 e. The van der Waals surface area contributed by atoms with Gasteiger partial charge in [-0.2, -0.15) is 0 Å². The molecule has 0 saturated carbocycles. The van der Waals surface area contributed by atoms with Crippen molar-refractivity contribution in [3.8, 4) is 0 Å². The molecule has 206 valence electrons. The quantitative estimate of drug-likeness (QED) is 0.258. The summed E-state index contributed by atoms with van der Waals surface area (Å²) in [5.74, 6) is 0.275. The third kappa shape index (κ3) is 4.89. The van der Waals surface area contributed by atoms with Crippen molar-refractivity contribution < 1.29 is 17.9 Å². The Morgan fingerprint density at radius 3 is 2.40 bits per heavy atom. The Morgan fingerprint density at radius 1 is 1.00 bits per heavy atom. The van der Waals surface area contributed by atoms with Gasteiger partial charge in [-0.15, -0.1) is 0 Å². The van der Waals surface area contributed by atoms with Crippen molar-refractivity contribution in [3.63, 3.8) is 0 Å². The third-order valence-corrected chi connectivity index (χ3v) is 9.16. The van der Waals surface area contributed by atoms with E-state index in [9.17, 15) is 13.2 Å². The van der Waals surface area contributed by atoms with E-state index in [-0.39, 0.29) is 23.3 Å². The van der Waals surface area contributed by atoms with E-state index in [0.717, 1.165) is 38.0 Å². The van der Waals surface area contributed by atoms with Gasteiger partial charge in [-0.05, 0) is 43.5 Å². The van der Waals surface area contributed by atoms with E-state index in [4.69, 9.17) is 9.72 Å². The van der Waals surface area contributed by atoms with Crippen LogP contribution in [0.2, 0.25) is 0 Å². The average Bonchev–Trinajstić information content (AvgIpc) is 3.56. The van der Waals surface area contributed by atoms with Gasteiger partial charge in [-0.1, -0.05) is 48.5 Å². The van der Waals surface area contributed by atoms with E-state index >= 15 is 0 Å². The maximum atomic E-state index is 13.5. The van der Waals surface area contributed by atoms with E-state index in [1.807, 2.05) is 6.07 Å². The van der Waals surface area contributed by atoms with Gasteiger partial charge in [0.05, 0.1) is 23.2 Å². The zero-order chi connectivity index (χ0) is 27.7. The molecule has 0 radical (unpaired) electrons. The van der Waals surface area contributed by atoms with Crippen molar-refractivity contribution >= 4 is 38.1 Å². The SMILES string of the molecule is CCOC(=O)Cc1nc2cnc3c(ccn3S(=O)(=O)c3ccccc3)c2n1C1CCN(Cc2ccccc2)CC1. The predicted octanol–water partition coefficient (Wildman–Crippen LogP) is 4.57. The first-order valence-corrected chi connectivity index (χ1v) is 15.0. The lowest BCUT2D eigenvalue weighted by Crippen LogP contribution is -2.34. The maximum Gasteiger partial charge on any atom is 0.313 e. The number of hydrogen-bond acceptors (Lipinski definition) is 7. The fourth-order valence-corrected chi connectivity index (χ4v) is 6.95. The summed E-state index contributed by atoms with van der Waals surface area (Å²) < 4.78 is 35.6. The van der Waals surface area contributed by atoms with Crippen molar-refractivity contribution in [2.24, 2.45) is 0 Å². The Labute approximate surface area is 233 Å². The number of benzene rings is 2. The predicted molar refractivity (Wildman–Crippen MR) is 152 cm³/mol. The Balaban J connectivity index is 1.40. The van der Waals surface area contributed by atoms with Crippen molar-refractivity contribution in [1.29, 1.82) is 0 Å². The van der Waals surface area contributed by atoms with Gasteiger partial charge in [-0.3, -0.25) is 9.69 Å². The Hall–Kier alpha value is -4.02. The molecule has 0 atom stereocenters. The fourth-order valence-electron chi connectivity index (χ4n) is 5.63. The molecule has 0 aliphatic carbocycles. The van der Waals surface area contributed by atoms with Crippen LogP contribution in [0.5, 0.6) is 0 Å². The van der Waals surface area contributed by atoms with Gasteiger partial charge in [0.2, 0.25) is 0 Å². The largest absolute Gasteiger partial charge is 0.466 e. The average molecular weight is 558 g/mol. The van der Waals surface area contributed by atoms with Gasteiger partial charge in [0.15, 0.2) is 5.65 Å². The van der Waals surface area contributed by atoms with Crippen LogP contribution in [0, 0.1) is 0 Å². The second-order valence-corrected chi connectivity index (χ2v) is 11.8. The number of rotatable bonds is 8. The molecular weight excluding hydrogens is 526 g/mol. The lowest BCUT2D eigenvalue weighted by atomic mass is 10.0. The number of fused-ring (bicyclic) bond motifs is 3. The first-order chi connectivity index (χ1) is 19.5. The molecule has 1 aliphatic rings. The zero-order valence-electron chi connectivity index (χ0n) is 22.3. The minimum atomic E-state index is -3.84. The monoisotopic (exact) mass is 557 g/mol. The number of imidazole rings is 1. The number of likely N-dealkylation sites (tertiary alicyclic amines) is 1. The molecule has 5 aromatic rings. The van der Waals surface area contributed by atoms with Crippen LogP contribution >= 0.6 is 0 Å². The highest BCUT2D eigenvalue weighted by molar-refractivity contribution is 7.90. The van der Waals surface area contributed by atoms with E-state index in [2.05, 4.69) is 38.7 Å². The van der Waals surface area contributed by atoms with Gasteiger partial charge in [0, 0.05) is 37.3 Å². The molecule has 1 aliphatic heterocycles. The molecule has 2 aromatic carbocycles. The molecule has 0 bridgehead atoms. The molecule has 0 spiro atoms. The summed E-state index contributed by atoms with van der Waals surface area (Å²) in [6, 6.07) is 20.6. The van der Waals surface area contributed by atoms with Gasteiger partial charge < -0.3 is 9.30 Å². The second-order valence-electron chi connectivity index (χ2n) is 10.0.